The second kappa shape index (κ2) is 12.7. The average molecular weight is 271 g/mol. The van der Waals surface area contributed by atoms with Gasteiger partial charge in [0.25, 0.3) is 0 Å². The van der Waals surface area contributed by atoms with Gasteiger partial charge in [0.1, 0.15) is 0 Å². The van der Waals surface area contributed by atoms with E-state index >= 15 is 0 Å². The highest BCUT2D eigenvalue weighted by Gasteiger charge is 2.24. The summed E-state index contributed by atoms with van der Waals surface area (Å²) in [4.78, 5) is 0. The molecule has 1 nitrogen and oxygen atoms in total. The Labute approximate surface area is 122 Å². The Balaban J connectivity index is 0. The van der Waals surface area contributed by atoms with Gasteiger partial charge in [-0.1, -0.05) is 73.8 Å². The summed E-state index contributed by atoms with van der Waals surface area (Å²) in [6.07, 6.45) is 5.66. The summed E-state index contributed by atoms with van der Waals surface area (Å²) < 4.78 is 0. The first-order valence-electron chi connectivity index (χ1n) is 8.27. The van der Waals surface area contributed by atoms with E-state index in [0.717, 1.165) is 12.8 Å². The van der Waals surface area contributed by atoms with E-state index in [9.17, 15) is 5.11 Å². The summed E-state index contributed by atoms with van der Waals surface area (Å²) in [5, 5.41) is 9.90. The predicted octanol–water partition coefficient (Wildman–Crippen LogP) is 5.97. The molecule has 0 spiro atoms. The lowest BCUT2D eigenvalue weighted by atomic mass is 9.79. The molecule has 0 radical (unpaired) electrons. The molecule has 1 N–H and O–H groups in total. The first kappa shape index (κ1) is 21.0. The van der Waals surface area contributed by atoms with Gasteiger partial charge in [0.15, 0.2) is 0 Å². The molecule has 0 bridgehead atoms. The number of hydrogen-bond acceptors (Lipinski definition) is 1. The molecule has 0 aromatic carbocycles. The molecule has 0 saturated carbocycles. The van der Waals surface area contributed by atoms with Crippen LogP contribution < -0.4 is 0 Å². The SMILES string of the molecule is CC(C)C1=C(C(C)C)C(O)CCC1.CCC.CCC. The van der Waals surface area contributed by atoms with Crippen LogP contribution in [0.15, 0.2) is 11.1 Å². The molecule has 0 fully saturated rings. The number of hydrogen-bond donors (Lipinski definition) is 1. The fraction of sp³-hybridized carbons (Fsp3) is 0.889. The van der Waals surface area contributed by atoms with Crippen LogP contribution in [-0.4, -0.2) is 11.2 Å². The van der Waals surface area contributed by atoms with Crippen LogP contribution >= 0.6 is 0 Å². The third kappa shape index (κ3) is 9.27. The number of aliphatic hydroxyl groups is 1. The van der Waals surface area contributed by atoms with Gasteiger partial charge in [0.05, 0.1) is 6.10 Å². The van der Waals surface area contributed by atoms with Gasteiger partial charge in [0, 0.05) is 0 Å². The Hall–Kier alpha value is -0.300. The van der Waals surface area contributed by atoms with E-state index in [1.807, 2.05) is 0 Å². The zero-order chi connectivity index (χ0) is 15.4. The van der Waals surface area contributed by atoms with Gasteiger partial charge in [-0.25, -0.2) is 0 Å². The van der Waals surface area contributed by atoms with E-state index in [0.29, 0.717) is 11.8 Å². The molecular weight excluding hydrogens is 232 g/mol. The van der Waals surface area contributed by atoms with Crippen molar-refractivity contribution in [3.63, 3.8) is 0 Å². The third-order valence-corrected chi connectivity index (χ3v) is 2.97. The quantitative estimate of drug-likeness (QED) is 0.613. The van der Waals surface area contributed by atoms with Gasteiger partial charge in [-0.15, -0.1) is 0 Å². The Morgan fingerprint density at radius 3 is 1.63 bits per heavy atom. The predicted molar refractivity (Wildman–Crippen MR) is 88.5 cm³/mol. The van der Waals surface area contributed by atoms with Gasteiger partial charge in [-0.2, -0.15) is 0 Å². The molecule has 0 aliphatic heterocycles. The number of aliphatic hydroxyl groups excluding tert-OH is 1. The molecule has 0 saturated heterocycles. The molecule has 0 heterocycles. The maximum Gasteiger partial charge on any atom is 0.0755 e. The minimum absolute atomic E-state index is 0.161. The fourth-order valence-electron chi connectivity index (χ4n) is 2.38. The van der Waals surface area contributed by atoms with Crippen molar-refractivity contribution in [3.8, 4) is 0 Å². The average Bonchev–Trinajstić information content (AvgIpc) is 2.30. The summed E-state index contributed by atoms with van der Waals surface area (Å²) in [5.74, 6) is 1.11. The highest BCUT2D eigenvalue weighted by atomic mass is 16.3. The van der Waals surface area contributed by atoms with E-state index in [1.54, 1.807) is 0 Å². The van der Waals surface area contributed by atoms with Crippen LogP contribution in [0, 0.1) is 11.8 Å². The summed E-state index contributed by atoms with van der Waals surface area (Å²) in [6.45, 7) is 17.3. The van der Waals surface area contributed by atoms with Crippen molar-refractivity contribution >= 4 is 0 Å². The fourth-order valence-corrected chi connectivity index (χ4v) is 2.38. The lowest BCUT2D eigenvalue weighted by Gasteiger charge is -2.29. The second-order valence-corrected chi connectivity index (χ2v) is 6.11. The molecule has 1 heteroatoms. The van der Waals surface area contributed by atoms with E-state index in [2.05, 4.69) is 55.4 Å². The Bertz CT molecular complexity index is 224. The van der Waals surface area contributed by atoms with Crippen molar-refractivity contribution < 1.29 is 5.11 Å². The highest BCUT2D eigenvalue weighted by Crippen LogP contribution is 2.34. The van der Waals surface area contributed by atoms with Crippen molar-refractivity contribution in [3.05, 3.63) is 11.1 Å². The zero-order valence-electron chi connectivity index (χ0n) is 14.7. The second-order valence-electron chi connectivity index (χ2n) is 6.11. The van der Waals surface area contributed by atoms with Crippen LogP contribution in [0.2, 0.25) is 0 Å². The molecule has 1 unspecified atom stereocenters. The standard InChI is InChI=1S/C12H22O.2C3H8/c1-8(2)10-6-5-7-11(13)12(10)9(3)4;2*1-3-2/h8-9,11,13H,5-7H2,1-4H3;2*3H2,1-2H3. The lowest BCUT2D eigenvalue weighted by Crippen LogP contribution is -2.22. The van der Waals surface area contributed by atoms with Crippen LogP contribution in [0.1, 0.15) is 87.5 Å². The van der Waals surface area contributed by atoms with E-state index < -0.39 is 0 Å². The summed E-state index contributed by atoms with van der Waals surface area (Å²) in [6, 6.07) is 0. The molecule has 19 heavy (non-hydrogen) atoms. The number of allylic oxidation sites excluding steroid dienone is 1. The molecule has 0 aromatic heterocycles. The monoisotopic (exact) mass is 270 g/mol. The van der Waals surface area contributed by atoms with Gasteiger partial charge >= 0.3 is 0 Å². The number of rotatable bonds is 2. The van der Waals surface area contributed by atoms with Crippen molar-refractivity contribution in [1.82, 2.24) is 0 Å². The molecule has 1 aliphatic rings. The van der Waals surface area contributed by atoms with Gasteiger partial charge in [0.2, 0.25) is 0 Å². The van der Waals surface area contributed by atoms with Crippen molar-refractivity contribution in [2.75, 3.05) is 0 Å². The minimum Gasteiger partial charge on any atom is -0.389 e. The van der Waals surface area contributed by atoms with Crippen LogP contribution in [0.4, 0.5) is 0 Å². The van der Waals surface area contributed by atoms with Gasteiger partial charge in [-0.3, -0.25) is 0 Å². The first-order valence-corrected chi connectivity index (χ1v) is 8.27. The first-order chi connectivity index (χ1) is 8.87. The molecule has 116 valence electrons. The Morgan fingerprint density at radius 1 is 0.947 bits per heavy atom. The summed E-state index contributed by atoms with van der Waals surface area (Å²) in [5.41, 5.74) is 2.83. The molecule has 1 atom stereocenters. The molecule has 0 amide bonds. The molecule has 1 rings (SSSR count). The van der Waals surface area contributed by atoms with Crippen LogP contribution in [0.25, 0.3) is 0 Å². The molecule has 0 aromatic rings. The largest absolute Gasteiger partial charge is 0.389 e. The minimum atomic E-state index is -0.161. The smallest absolute Gasteiger partial charge is 0.0755 e. The zero-order valence-corrected chi connectivity index (χ0v) is 14.7. The van der Waals surface area contributed by atoms with Gasteiger partial charge < -0.3 is 5.11 Å². The normalized spacial score (nSPS) is 18.8. The third-order valence-electron chi connectivity index (χ3n) is 2.97. The van der Waals surface area contributed by atoms with Gasteiger partial charge in [-0.05, 0) is 36.7 Å². The Morgan fingerprint density at radius 2 is 1.37 bits per heavy atom. The summed E-state index contributed by atoms with van der Waals surface area (Å²) in [7, 11) is 0. The van der Waals surface area contributed by atoms with E-state index in [4.69, 9.17) is 0 Å². The van der Waals surface area contributed by atoms with Crippen molar-refractivity contribution in [2.45, 2.75) is 93.6 Å². The van der Waals surface area contributed by atoms with Crippen LogP contribution in [0.3, 0.4) is 0 Å². The van der Waals surface area contributed by atoms with Crippen LogP contribution in [0.5, 0.6) is 0 Å². The molecular formula is C18H38O. The van der Waals surface area contributed by atoms with Crippen LogP contribution in [-0.2, 0) is 0 Å². The lowest BCUT2D eigenvalue weighted by molar-refractivity contribution is 0.175. The Kier molecular flexibility index (Phi) is 14.1. The van der Waals surface area contributed by atoms with Crippen molar-refractivity contribution in [2.24, 2.45) is 11.8 Å². The highest BCUT2D eigenvalue weighted by molar-refractivity contribution is 5.24. The maximum absolute atomic E-state index is 9.90. The topological polar surface area (TPSA) is 20.2 Å². The molecule has 1 aliphatic carbocycles. The maximum atomic E-state index is 9.90. The summed E-state index contributed by atoms with van der Waals surface area (Å²) >= 11 is 0. The van der Waals surface area contributed by atoms with E-state index in [1.165, 1.54) is 30.4 Å². The van der Waals surface area contributed by atoms with Crippen molar-refractivity contribution in [1.29, 1.82) is 0 Å². The van der Waals surface area contributed by atoms with E-state index in [-0.39, 0.29) is 6.10 Å².